The van der Waals surface area contributed by atoms with Crippen molar-refractivity contribution in [1.29, 1.82) is 0 Å². The van der Waals surface area contributed by atoms with E-state index in [1.807, 2.05) is 0 Å². The molecule has 3 aliphatic rings. The van der Waals surface area contributed by atoms with E-state index in [4.69, 9.17) is 23.3 Å². The van der Waals surface area contributed by atoms with Crippen molar-refractivity contribution < 1.29 is 38.0 Å². The highest BCUT2D eigenvalue weighted by atomic mass is 31.2. The molecular weight excluding hydrogens is 581 g/mol. The van der Waals surface area contributed by atoms with Crippen LogP contribution in [0.3, 0.4) is 0 Å². The minimum atomic E-state index is -4.13. The molecule has 3 aliphatic heterocycles. The van der Waals surface area contributed by atoms with Crippen LogP contribution in [0.25, 0.3) is 0 Å². The number of morpholine rings is 1. The second kappa shape index (κ2) is 12.5. The van der Waals surface area contributed by atoms with Crippen molar-refractivity contribution in [1.82, 2.24) is 23.8 Å². The van der Waals surface area contributed by atoms with E-state index < -0.39 is 73.7 Å². The number of aliphatic hydroxyl groups is 2. The second-order valence-electron chi connectivity index (χ2n) is 10.4. The zero-order valence-corrected chi connectivity index (χ0v) is 23.9. The Labute approximate surface area is 238 Å². The molecule has 2 aromatic heterocycles. The molecule has 1 unspecified atom stereocenters. The summed E-state index contributed by atoms with van der Waals surface area (Å²) in [6.45, 7) is 3.11. The van der Waals surface area contributed by atoms with Gasteiger partial charge in [-0.2, -0.15) is 0 Å². The van der Waals surface area contributed by atoms with Gasteiger partial charge in [-0.3, -0.25) is 37.7 Å². The molecular formula is C24H34N5O12P. The monoisotopic (exact) mass is 615 g/mol. The molecule has 0 radical (unpaired) electrons. The van der Waals surface area contributed by atoms with Crippen molar-refractivity contribution in [2.75, 3.05) is 39.5 Å². The van der Waals surface area contributed by atoms with Crippen LogP contribution in [0.2, 0.25) is 0 Å². The van der Waals surface area contributed by atoms with Gasteiger partial charge in [0.25, 0.3) is 11.1 Å². The third kappa shape index (κ3) is 6.29. The first kappa shape index (κ1) is 30.7. The van der Waals surface area contributed by atoms with Gasteiger partial charge in [0.05, 0.1) is 32.5 Å². The quantitative estimate of drug-likeness (QED) is 0.236. The Bertz CT molecular complexity index is 1560. The van der Waals surface area contributed by atoms with Gasteiger partial charge in [0.2, 0.25) is 0 Å². The Balaban J connectivity index is 1.33. The predicted octanol–water partition coefficient (Wildman–Crippen LogP) is -1.53. The average molecular weight is 616 g/mol. The van der Waals surface area contributed by atoms with Crippen LogP contribution in [0, 0.1) is 13.8 Å². The second-order valence-corrected chi connectivity index (χ2v) is 12.4. The summed E-state index contributed by atoms with van der Waals surface area (Å²) in [5.41, 5.74) is -1.91. The van der Waals surface area contributed by atoms with Gasteiger partial charge >= 0.3 is 19.1 Å². The van der Waals surface area contributed by atoms with Crippen LogP contribution < -0.4 is 22.5 Å². The maximum Gasteiger partial charge on any atom is 0.408 e. The van der Waals surface area contributed by atoms with Crippen LogP contribution in [0.15, 0.2) is 31.6 Å². The fourth-order valence-electron chi connectivity index (χ4n) is 5.10. The molecule has 0 saturated carbocycles. The van der Waals surface area contributed by atoms with E-state index in [1.54, 1.807) is 0 Å². The Morgan fingerprint density at radius 2 is 1.48 bits per heavy atom. The number of rotatable bonds is 9. The van der Waals surface area contributed by atoms with Gasteiger partial charge in [0.15, 0.2) is 0 Å². The smallest absolute Gasteiger partial charge is 0.394 e. The minimum Gasteiger partial charge on any atom is -0.394 e. The number of aromatic nitrogens is 4. The summed E-state index contributed by atoms with van der Waals surface area (Å²) in [5, 5.41) is 20.7. The van der Waals surface area contributed by atoms with Crippen LogP contribution >= 0.6 is 7.75 Å². The number of nitrogens with zero attached hydrogens (tertiary/aromatic N) is 3. The summed E-state index contributed by atoms with van der Waals surface area (Å²) in [4.78, 5) is 52.7. The molecule has 5 heterocycles. The van der Waals surface area contributed by atoms with Gasteiger partial charge in [-0.05, 0) is 13.8 Å². The standard InChI is InChI=1S/C24H34N5O12P/c1-13-9-28(23(34)25-21(13)32)19-7-15(31)18(40-19)12-38-42(36,27-3-5-37-6-4-27)41-16-8-20(39-17(16)11-30)29-10-14(2)22(33)26-24(29)35/h9-10,15-20,30-31H,3-8,11-12H2,1-2H3,(H,25,32,34)(H,26,33,35)/t15-,16-,17+,18+,19+,20+,42?/m0/s1. The van der Waals surface area contributed by atoms with E-state index >= 15 is 0 Å². The lowest BCUT2D eigenvalue weighted by Gasteiger charge is -2.35. The van der Waals surface area contributed by atoms with Gasteiger partial charge in [-0.1, -0.05) is 0 Å². The zero-order chi connectivity index (χ0) is 30.2. The molecule has 0 spiro atoms. The topological polar surface area (TPSA) is 217 Å². The van der Waals surface area contributed by atoms with Gasteiger partial charge in [0, 0.05) is 49.5 Å². The normalized spacial score (nSPS) is 30.0. The number of hydrogen-bond donors (Lipinski definition) is 4. The van der Waals surface area contributed by atoms with Crippen molar-refractivity contribution in [3.63, 3.8) is 0 Å². The molecule has 2 aromatic rings. The average Bonchev–Trinajstić information content (AvgIpc) is 3.54. The molecule has 42 heavy (non-hydrogen) atoms. The van der Waals surface area contributed by atoms with E-state index in [0.717, 1.165) is 0 Å². The van der Waals surface area contributed by atoms with Gasteiger partial charge in [-0.15, -0.1) is 0 Å². The molecule has 0 aromatic carbocycles. The Morgan fingerprint density at radius 1 is 0.929 bits per heavy atom. The number of nitrogens with one attached hydrogen (secondary N) is 2. The first-order chi connectivity index (χ1) is 20.0. The molecule has 5 rings (SSSR count). The van der Waals surface area contributed by atoms with Crippen molar-refractivity contribution >= 4 is 7.75 Å². The molecule has 3 saturated heterocycles. The molecule has 0 amide bonds. The van der Waals surface area contributed by atoms with Gasteiger partial charge < -0.3 is 24.4 Å². The summed E-state index contributed by atoms with van der Waals surface area (Å²) < 4.78 is 47.1. The number of aliphatic hydroxyl groups excluding tert-OH is 2. The summed E-state index contributed by atoms with van der Waals surface area (Å²) >= 11 is 0. The van der Waals surface area contributed by atoms with Gasteiger partial charge in [-0.25, -0.2) is 18.8 Å². The number of H-pyrrole nitrogens is 2. The summed E-state index contributed by atoms with van der Waals surface area (Å²) in [5.74, 6) is 0. The largest absolute Gasteiger partial charge is 0.408 e. The highest BCUT2D eigenvalue weighted by Gasteiger charge is 2.46. The third-order valence-corrected chi connectivity index (χ3v) is 9.59. The molecule has 0 aliphatic carbocycles. The summed E-state index contributed by atoms with van der Waals surface area (Å²) in [7, 11) is -4.13. The lowest BCUT2D eigenvalue weighted by atomic mass is 10.2. The molecule has 18 heteroatoms. The van der Waals surface area contributed by atoms with E-state index in [2.05, 4.69) is 9.97 Å². The molecule has 0 bridgehead atoms. The first-order valence-electron chi connectivity index (χ1n) is 13.5. The summed E-state index contributed by atoms with van der Waals surface area (Å²) in [6, 6.07) is 0. The predicted molar refractivity (Wildman–Crippen MR) is 143 cm³/mol. The van der Waals surface area contributed by atoms with Crippen LogP contribution in [0.4, 0.5) is 0 Å². The maximum atomic E-state index is 14.3. The zero-order valence-electron chi connectivity index (χ0n) is 23.0. The number of aromatic amines is 2. The van der Waals surface area contributed by atoms with E-state index in [9.17, 15) is 34.0 Å². The van der Waals surface area contributed by atoms with E-state index in [-0.39, 0.29) is 56.9 Å². The molecule has 7 atom stereocenters. The lowest BCUT2D eigenvalue weighted by Crippen LogP contribution is -2.38. The van der Waals surface area contributed by atoms with Gasteiger partial charge in [0.1, 0.15) is 30.8 Å². The first-order valence-corrected chi connectivity index (χ1v) is 15.0. The number of ether oxygens (including phenoxy) is 3. The molecule has 4 N–H and O–H groups in total. The van der Waals surface area contributed by atoms with Crippen molar-refractivity contribution in [2.24, 2.45) is 0 Å². The van der Waals surface area contributed by atoms with Crippen molar-refractivity contribution in [3.8, 4) is 0 Å². The lowest BCUT2D eigenvalue weighted by molar-refractivity contribution is -0.0582. The minimum absolute atomic E-state index is 0.00735. The fourth-order valence-corrected chi connectivity index (χ4v) is 7.01. The molecule has 17 nitrogen and oxygen atoms in total. The molecule has 3 fully saturated rings. The van der Waals surface area contributed by atoms with Crippen LogP contribution in [-0.2, 0) is 27.8 Å². The van der Waals surface area contributed by atoms with Crippen LogP contribution in [0.1, 0.15) is 36.4 Å². The van der Waals surface area contributed by atoms with Crippen LogP contribution in [0.5, 0.6) is 0 Å². The summed E-state index contributed by atoms with van der Waals surface area (Å²) in [6.07, 6.45) is -3.15. The highest BCUT2D eigenvalue weighted by molar-refractivity contribution is 7.51. The third-order valence-electron chi connectivity index (χ3n) is 7.48. The molecule has 232 valence electrons. The number of aryl methyl sites for hydroxylation is 2. The number of hydrogen-bond acceptors (Lipinski definition) is 12. The van der Waals surface area contributed by atoms with E-state index in [1.165, 1.54) is 40.0 Å². The highest BCUT2D eigenvalue weighted by Crippen LogP contribution is 2.55. The maximum absolute atomic E-state index is 14.3. The Kier molecular flexibility index (Phi) is 9.13. The Morgan fingerprint density at radius 3 is 2.05 bits per heavy atom. The van der Waals surface area contributed by atoms with Crippen molar-refractivity contribution in [2.45, 2.75) is 63.6 Å². The van der Waals surface area contributed by atoms with Crippen molar-refractivity contribution in [3.05, 3.63) is 65.2 Å². The SMILES string of the molecule is Cc1cn([C@H]2C[C@H](OP(=O)(OC[C@H]3O[C@@H](n4cc(C)c(=O)[nH]c4=O)C[C@@H]3O)N3CCOCC3)[C@@H](CO)O2)c(=O)[nH]c1=O. The Hall–Kier alpha value is -2.73. The van der Waals surface area contributed by atoms with E-state index in [0.29, 0.717) is 0 Å². The van der Waals surface area contributed by atoms with Crippen LogP contribution in [-0.4, -0.2) is 97.9 Å². The fraction of sp³-hybridized carbons (Fsp3) is 0.667.